The van der Waals surface area contributed by atoms with Gasteiger partial charge < -0.3 is 22.8 Å². The van der Waals surface area contributed by atoms with Crippen molar-refractivity contribution in [3.63, 3.8) is 0 Å². The Morgan fingerprint density at radius 2 is 1.56 bits per heavy atom. The van der Waals surface area contributed by atoms with E-state index < -0.39 is 8.80 Å². The van der Waals surface area contributed by atoms with Crippen molar-refractivity contribution >= 4 is 8.80 Å². The normalized spacial score (nSPS) is 22.4. The van der Waals surface area contributed by atoms with Gasteiger partial charge in [0.25, 0.3) is 0 Å². The molecule has 2 atom stereocenters. The molecule has 0 amide bonds. The second-order valence-corrected chi connectivity index (χ2v) is 9.16. The van der Waals surface area contributed by atoms with Gasteiger partial charge in [-0.15, -0.1) is 0 Å². The van der Waals surface area contributed by atoms with Crippen LogP contribution >= 0.6 is 0 Å². The molecule has 0 N–H and O–H groups in total. The molecule has 0 bridgehead atoms. The minimum absolute atomic E-state index is 0.312. The maximum absolute atomic E-state index is 5.85. The summed E-state index contributed by atoms with van der Waals surface area (Å²) in [5.74, 6) is 0. The van der Waals surface area contributed by atoms with Crippen LogP contribution in [0.2, 0.25) is 6.04 Å². The lowest BCUT2D eigenvalue weighted by atomic mass is 10.2. The Hall–Kier alpha value is -0.0231. The molecule has 1 aliphatic heterocycles. The van der Waals surface area contributed by atoms with E-state index in [9.17, 15) is 0 Å². The van der Waals surface area contributed by atoms with Crippen molar-refractivity contribution in [1.29, 1.82) is 0 Å². The van der Waals surface area contributed by atoms with E-state index in [0.717, 1.165) is 32.1 Å². The standard InChI is InChI=1S/C18H38NO5Si/c1-6-21-25(22-7-2,23-8-3)14-10-13-20-12-9-11-19-15-17(4)24-18(5)16-19/h9,17-18H,6-8,10-16H2,1-5H3. The van der Waals surface area contributed by atoms with Crippen LogP contribution < -0.4 is 0 Å². The van der Waals surface area contributed by atoms with Crippen molar-refractivity contribution < 1.29 is 22.8 Å². The van der Waals surface area contributed by atoms with E-state index in [1.54, 1.807) is 0 Å². The quantitative estimate of drug-likeness (QED) is 0.343. The van der Waals surface area contributed by atoms with Gasteiger partial charge in [0.05, 0.1) is 18.8 Å². The third-order valence-electron chi connectivity index (χ3n) is 3.98. The Bertz CT molecular complexity index is 308. The summed E-state index contributed by atoms with van der Waals surface area (Å²) >= 11 is 0. The predicted molar refractivity (Wildman–Crippen MR) is 102 cm³/mol. The SMILES string of the molecule is CCO[Si](CCCOC[CH]CN1CC(C)OC(C)C1)(OCC)OCC. The molecule has 0 spiro atoms. The minimum Gasteiger partial charge on any atom is -0.381 e. The van der Waals surface area contributed by atoms with Crippen LogP contribution in [-0.2, 0) is 22.8 Å². The summed E-state index contributed by atoms with van der Waals surface area (Å²) in [7, 11) is -2.52. The number of rotatable bonds is 14. The molecule has 149 valence electrons. The van der Waals surface area contributed by atoms with Crippen LogP contribution in [0.3, 0.4) is 0 Å². The summed E-state index contributed by atoms with van der Waals surface area (Å²) in [5, 5.41) is 0. The summed E-state index contributed by atoms with van der Waals surface area (Å²) < 4.78 is 29.0. The van der Waals surface area contributed by atoms with Crippen molar-refractivity contribution in [1.82, 2.24) is 4.90 Å². The number of nitrogens with zero attached hydrogens (tertiary/aromatic N) is 1. The van der Waals surface area contributed by atoms with Crippen LogP contribution in [0.5, 0.6) is 0 Å². The van der Waals surface area contributed by atoms with Crippen LogP contribution in [0.4, 0.5) is 0 Å². The van der Waals surface area contributed by atoms with E-state index in [0.29, 0.717) is 45.2 Å². The second-order valence-electron chi connectivity index (χ2n) is 6.43. The molecule has 1 heterocycles. The highest BCUT2D eigenvalue weighted by atomic mass is 28.4. The number of ether oxygens (including phenoxy) is 2. The zero-order valence-electron chi connectivity index (χ0n) is 16.8. The first-order valence-corrected chi connectivity index (χ1v) is 11.7. The van der Waals surface area contributed by atoms with Gasteiger partial charge in [-0.05, 0) is 41.0 Å². The van der Waals surface area contributed by atoms with Gasteiger partial charge in [-0.2, -0.15) is 0 Å². The lowest BCUT2D eigenvalue weighted by Gasteiger charge is -2.35. The molecular formula is C18H38NO5Si. The highest BCUT2D eigenvalue weighted by Gasteiger charge is 2.39. The van der Waals surface area contributed by atoms with E-state index in [2.05, 4.69) is 25.2 Å². The Labute approximate surface area is 155 Å². The predicted octanol–water partition coefficient (Wildman–Crippen LogP) is 2.75. The number of hydrogen-bond acceptors (Lipinski definition) is 6. The van der Waals surface area contributed by atoms with Gasteiger partial charge in [-0.1, -0.05) is 0 Å². The Morgan fingerprint density at radius 1 is 1.00 bits per heavy atom. The van der Waals surface area contributed by atoms with Gasteiger partial charge in [-0.25, -0.2) is 0 Å². The molecule has 1 saturated heterocycles. The first-order valence-electron chi connectivity index (χ1n) is 9.74. The topological polar surface area (TPSA) is 49.4 Å². The number of morpholine rings is 1. The summed E-state index contributed by atoms with van der Waals surface area (Å²) in [5.41, 5.74) is 0. The van der Waals surface area contributed by atoms with Gasteiger partial charge in [0.2, 0.25) is 0 Å². The van der Waals surface area contributed by atoms with E-state index in [4.69, 9.17) is 22.8 Å². The molecule has 0 aromatic rings. The van der Waals surface area contributed by atoms with Crippen LogP contribution in [0, 0.1) is 6.42 Å². The fourth-order valence-electron chi connectivity index (χ4n) is 3.23. The summed E-state index contributed by atoms with van der Waals surface area (Å²) in [6.45, 7) is 16.4. The van der Waals surface area contributed by atoms with E-state index >= 15 is 0 Å². The van der Waals surface area contributed by atoms with E-state index in [-0.39, 0.29) is 0 Å². The van der Waals surface area contributed by atoms with Crippen molar-refractivity contribution in [2.75, 3.05) is 52.7 Å². The largest absolute Gasteiger partial charge is 0.501 e. The van der Waals surface area contributed by atoms with Crippen molar-refractivity contribution in [3.05, 3.63) is 6.42 Å². The summed E-state index contributed by atoms with van der Waals surface area (Å²) in [6.07, 6.45) is 3.72. The molecule has 0 aromatic carbocycles. The lowest BCUT2D eigenvalue weighted by Crippen LogP contribution is -2.46. The molecule has 7 heteroatoms. The van der Waals surface area contributed by atoms with Gasteiger partial charge in [-0.3, -0.25) is 4.90 Å². The molecule has 0 aromatic heterocycles. The fraction of sp³-hybridized carbons (Fsp3) is 0.944. The maximum Gasteiger partial charge on any atom is 0.501 e. The zero-order chi connectivity index (χ0) is 18.5. The second kappa shape index (κ2) is 13.2. The van der Waals surface area contributed by atoms with Crippen LogP contribution in [0.25, 0.3) is 0 Å². The Kier molecular flexibility index (Phi) is 12.1. The fourth-order valence-corrected chi connectivity index (χ4v) is 5.81. The highest BCUT2D eigenvalue weighted by Crippen LogP contribution is 2.18. The first kappa shape index (κ1) is 23.0. The van der Waals surface area contributed by atoms with Crippen molar-refractivity contribution in [3.8, 4) is 0 Å². The average molecular weight is 377 g/mol. The monoisotopic (exact) mass is 376 g/mol. The van der Waals surface area contributed by atoms with Crippen molar-refractivity contribution in [2.24, 2.45) is 0 Å². The zero-order valence-corrected chi connectivity index (χ0v) is 17.8. The summed E-state index contributed by atoms with van der Waals surface area (Å²) in [4.78, 5) is 2.42. The van der Waals surface area contributed by atoms with Gasteiger partial charge in [0.1, 0.15) is 0 Å². The van der Waals surface area contributed by atoms with Crippen LogP contribution in [0.15, 0.2) is 0 Å². The molecule has 1 fully saturated rings. The highest BCUT2D eigenvalue weighted by molar-refractivity contribution is 6.60. The molecule has 1 aliphatic rings. The molecule has 1 rings (SSSR count). The third-order valence-corrected chi connectivity index (χ3v) is 7.13. The Morgan fingerprint density at radius 3 is 2.08 bits per heavy atom. The van der Waals surface area contributed by atoms with Gasteiger partial charge in [0.15, 0.2) is 0 Å². The molecule has 25 heavy (non-hydrogen) atoms. The molecule has 0 saturated carbocycles. The molecular weight excluding hydrogens is 338 g/mol. The van der Waals surface area contributed by atoms with Crippen LogP contribution in [0.1, 0.15) is 41.0 Å². The lowest BCUT2D eigenvalue weighted by molar-refractivity contribution is -0.0662. The van der Waals surface area contributed by atoms with E-state index in [1.807, 2.05) is 20.8 Å². The van der Waals surface area contributed by atoms with Crippen LogP contribution in [-0.4, -0.2) is 78.6 Å². The van der Waals surface area contributed by atoms with Crippen molar-refractivity contribution in [2.45, 2.75) is 59.3 Å². The summed E-state index contributed by atoms with van der Waals surface area (Å²) in [6, 6.07) is 0.807. The van der Waals surface area contributed by atoms with Gasteiger partial charge in [0, 0.05) is 58.5 Å². The molecule has 6 nitrogen and oxygen atoms in total. The molecule has 0 aliphatic carbocycles. The average Bonchev–Trinajstić information content (AvgIpc) is 2.54. The maximum atomic E-state index is 5.85. The first-order chi connectivity index (χ1) is 12.0. The molecule has 2 unspecified atom stereocenters. The minimum atomic E-state index is -2.52. The smallest absolute Gasteiger partial charge is 0.381 e. The third kappa shape index (κ3) is 9.47. The van der Waals surface area contributed by atoms with Gasteiger partial charge >= 0.3 is 8.80 Å². The number of hydrogen-bond donors (Lipinski definition) is 0. The Balaban J connectivity index is 2.15. The molecule has 1 radical (unpaired) electrons. The van der Waals surface area contributed by atoms with E-state index in [1.165, 1.54) is 0 Å².